The first-order valence-corrected chi connectivity index (χ1v) is 6.04. The van der Waals surface area contributed by atoms with Crippen LogP contribution in [0.3, 0.4) is 0 Å². The maximum Gasteiger partial charge on any atom is 0.254 e. The molecule has 0 saturated carbocycles. The minimum Gasteiger partial charge on any atom is -0.398 e. The van der Waals surface area contributed by atoms with Crippen LogP contribution >= 0.6 is 0 Å². The van der Waals surface area contributed by atoms with Crippen molar-refractivity contribution in [3.05, 3.63) is 28.8 Å². The van der Waals surface area contributed by atoms with Crippen LogP contribution in [0.2, 0.25) is 0 Å². The van der Waals surface area contributed by atoms with Gasteiger partial charge in [0, 0.05) is 24.3 Å². The normalized spacial score (nSPS) is 9.89. The Kier molecular flexibility index (Phi) is 4.73. The number of amides is 1. The summed E-state index contributed by atoms with van der Waals surface area (Å²) in [4.78, 5) is 14.0. The van der Waals surface area contributed by atoms with E-state index in [4.69, 9.17) is 11.0 Å². The van der Waals surface area contributed by atoms with Gasteiger partial charge >= 0.3 is 0 Å². The minimum absolute atomic E-state index is 0.0584. The molecule has 2 N–H and O–H groups in total. The van der Waals surface area contributed by atoms with Crippen molar-refractivity contribution >= 4 is 11.6 Å². The number of nitriles is 1. The third-order valence-electron chi connectivity index (χ3n) is 3.01. The standard InChI is InChI=1S/C14H19N3O/c1-4-17(7-5-6-15)14(18)12-9-13(16)11(3)8-10(12)2/h8-9H,4-5,7,16H2,1-3H3. The lowest BCUT2D eigenvalue weighted by molar-refractivity contribution is 0.0767. The third-order valence-corrected chi connectivity index (χ3v) is 3.01. The fourth-order valence-electron chi connectivity index (χ4n) is 1.86. The van der Waals surface area contributed by atoms with Crippen LogP contribution in [0.1, 0.15) is 34.8 Å². The van der Waals surface area contributed by atoms with Crippen LogP contribution in [0.25, 0.3) is 0 Å². The van der Waals surface area contributed by atoms with Crippen molar-refractivity contribution in [2.24, 2.45) is 0 Å². The van der Waals surface area contributed by atoms with E-state index in [0.717, 1.165) is 11.1 Å². The number of nitrogens with zero attached hydrogens (tertiary/aromatic N) is 2. The van der Waals surface area contributed by atoms with Gasteiger partial charge in [-0.15, -0.1) is 0 Å². The quantitative estimate of drug-likeness (QED) is 0.827. The molecule has 0 radical (unpaired) electrons. The van der Waals surface area contributed by atoms with Gasteiger partial charge in [-0.1, -0.05) is 6.07 Å². The highest BCUT2D eigenvalue weighted by Crippen LogP contribution is 2.19. The summed E-state index contributed by atoms with van der Waals surface area (Å²) in [6, 6.07) is 5.70. The van der Waals surface area contributed by atoms with Crippen LogP contribution in [0.5, 0.6) is 0 Å². The highest BCUT2D eigenvalue weighted by atomic mass is 16.2. The van der Waals surface area contributed by atoms with Gasteiger partial charge in [0.05, 0.1) is 12.5 Å². The van der Waals surface area contributed by atoms with Crippen molar-refractivity contribution in [3.63, 3.8) is 0 Å². The molecule has 0 unspecified atom stereocenters. The van der Waals surface area contributed by atoms with E-state index in [1.807, 2.05) is 26.8 Å². The molecule has 0 aromatic heterocycles. The first kappa shape index (κ1) is 14.0. The Morgan fingerprint density at radius 2 is 2.06 bits per heavy atom. The summed E-state index contributed by atoms with van der Waals surface area (Å²) in [5.41, 5.74) is 8.99. The maximum absolute atomic E-state index is 12.3. The van der Waals surface area contributed by atoms with Crippen molar-refractivity contribution in [1.82, 2.24) is 4.90 Å². The molecular formula is C14H19N3O. The number of nitrogens with two attached hydrogens (primary N) is 1. The van der Waals surface area contributed by atoms with E-state index in [-0.39, 0.29) is 5.91 Å². The van der Waals surface area contributed by atoms with Crippen molar-refractivity contribution in [1.29, 1.82) is 5.26 Å². The third kappa shape index (κ3) is 3.01. The molecule has 4 heteroatoms. The predicted molar refractivity (Wildman–Crippen MR) is 72.1 cm³/mol. The van der Waals surface area contributed by atoms with Gasteiger partial charge < -0.3 is 10.6 Å². The molecule has 0 saturated heterocycles. The molecule has 0 atom stereocenters. The second-order valence-electron chi connectivity index (χ2n) is 4.32. The number of hydrogen-bond donors (Lipinski definition) is 1. The first-order valence-electron chi connectivity index (χ1n) is 6.04. The first-order chi connectivity index (χ1) is 8.51. The molecule has 0 heterocycles. The zero-order valence-electron chi connectivity index (χ0n) is 11.2. The summed E-state index contributed by atoms with van der Waals surface area (Å²) < 4.78 is 0. The Bertz CT molecular complexity index is 489. The number of rotatable bonds is 4. The average molecular weight is 245 g/mol. The van der Waals surface area contributed by atoms with Gasteiger partial charge in [-0.2, -0.15) is 5.26 Å². The molecule has 1 aromatic carbocycles. The number of anilines is 1. The van der Waals surface area contributed by atoms with Crippen molar-refractivity contribution in [2.45, 2.75) is 27.2 Å². The van der Waals surface area contributed by atoms with Gasteiger partial charge in [-0.3, -0.25) is 4.79 Å². The summed E-state index contributed by atoms with van der Waals surface area (Å²) in [5, 5.41) is 8.59. The average Bonchev–Trinajstić information content (AvgIpc) is 2.34. The summed E-state index contributed by atoms with van der Waals surface area (Å²) >= 11 is 0. The summed E-state index contributed by atoms with van der Waals surface area (Å²) in [5.74, 6) is -0.0584. The summed E-state index contributed by atoms with van der Waals surface area (Å²) in [6.07, 6.45) is 0.347. The molecule has 0 fully saturated rings. The van der Waals surface area contributed by atoms with Crippen molar-refractivity contribution in [3.8, 4) is 6.07 Å². The Labute approximate surface area is 108 Å². The molecule has 0 aliphatic rings. The van der Waals surface area contributed by atoms with Crippen LogP contribution in [0.15, 0.2) is 12.1 Å². The fourth-order valence-corrected chi connectivity index (χ4v) is 1.86. The van der Waals surface area contributed by atoms with Crippen LogP contribution in [0.4, 0.5) is 5.69 Å². The number of hydrogen-bond acceptors (Lipinski definition) is 3. The Balaban J connectivity index is 3.02. The van der Waals surface area contributed by atoms with E-state index in [0.29, 0.717) is 30.8 Å². The van der Waals surface area contributed by atoms with Gasteiger partial charge in [0.25, 0.3) is 5.91 Å². The summed E-state index contributed by atoms with van der Waals surface area (Å²) in [6.45, 7) is 6.77. The molecule has 18 heavy (non-hydrogen) atoms. The molecule has 4 nitrogen and oxygen atoms in total. The van der Waals surface area contributed by atoms with E-state index in [9.17, 15) is 4.79 Å². The SMILES string of the molecule is CCN(CCC#N)C(=O)c1cc(N)c(C)cc1C. The molecule has 0 spiro atoms. The molecular weight excluding hydrogens is 226 g/mol. The van der Waals surface area contributed by atoms with E-state index >= 15 is 0 Å². The fraction of sp³-hybridized carbons (Fsp3) is 0.429. The highest BCUT2D eigenvalue weighted by molar-refractivity contribution is 5.96. The highest BCUT2D eigenvalue weighted by Gasteiger charge is 2.16. The van der Waals surface area contributed by atoms with Gasteiger partial charge in [0.1, 0.15) is 0 Å². The molecule has 1 amide bonds. The molecule has 1 aromatic rings. The lowest BCUT2D eigenvalue weighted by atomic mass is 10.0. The lowest BCUT2D eigenvalue weighted by Gasteiger charge is -2.21. The van der Waals surface area contributed by atoms with Crippen LogP contribution in [0, 0.1) is 25.2 Å². The number of benzene rings is 1. The second-order valence-corrected chi connectivity index (χ2v) is 4.32. The van der Waals surface area contributed by atoms with Crippen molar-refractivity contribution in [2.75, 3.05) is 18.8 Å². The second kappa shape index (κ2) is 6.06. The number of carbonyl (C=O) groups excluding carboxylic acids is 1. The molecule has 0 aliphatic carbocycles. The van der Waals surface area contributed by atoms with Gasteiger partial charge in [-0.05, 0) is 38.0 Å². The molecule has 0 aliphatic heterocycles. The monoisotopic (exact) mass is 245 g/mol. The zero-order chi connectivity index (χ0) is 13.7. The smallest absolute Gasteiger partial charge is 0.254 e. The van der Waals surface area contributed by atoms with Crippen LogP contribution in [-0.2, 0) is 0 Å². The maximum atomic E-state index is 12.3. The zero-order valence-corrected chi connectivity index (χ0v) is 11.2. The minimum atomic E-state index is -0.0584. The van der Waals surface area contributed by atoms with Crippen LogP contribution < -0.4 is 5.73 Å². The number of nitrogen functional groups attached to an aromatic ring is 1. The largest absolute Gasteiger partial charge is 0.398 e. The van der Waals surface area contributed by atoms with Crippen LogP contribution in [-0.4, -0.2) is 23.9 Å². The van der Waals surface area contributed by atoms with Gasteiger partial charge in [0.2, 0.25) is 0 Å². The predicted octanol–water partition coefficient (Wildman–Crippen LogP) is 2.26. The van der Waals surface area contributed by atoms with Gasteiger partial charge in [-0.25, -0.2) is 0 Å². The summed E-state index contributed by atoms with van der Waals surface area (Å²) in [7, 11) is 0. The Hall–Kier alpha value is -2.02. The van der Waals surface area contributed by atoms with E-state index in [1.165, 1.54) is 0 Å². The van der Waals surface area contributed by atoms with E-state index in [1.54, 1.807) is 11.0 Å². The molecule has 96 valence electrons. The molecule has 1 rings (SSSR count). The Morgan fingerprint density at radius 1 is 1.39 bits per heavy atom. The topological polar surface area (TPSA) is 70.1 Å². The van der Waals surface area contributed by atoms with E-state index < -0.39 is 0 Å². The van der Waals surface area contributed by atoms with E-state index in [2.05, 4.69) is 6.07 Å². The Morgan fingerprint density at radius 3 is 2.61 bits per heavy atom. The molecule has 0 bridgehead atoms. The number of carbonyl (C=O) groups is 1. The lowest BCUT2D eigenvalue weighted by Crippen LogP contribution is -2.32. The van der Waals surface area contributed by atoms with Gasteiger partial charge in [0.15, 0.2) is 0 Å². The van der Waals surface area contributed by atoms with Crippen molar-refractivity contribution < 1.29 is 4.79 Å². The number of aryl methyl sites for hydroxylation is 2.